The van der Waals surface area contributed by atoms with Gasteiger partial charge in [0.2, 0.25) is 0 Å². The zero-order valence-corrected chi connectivity index (χ0v) is 11.4. The van der Waals surface area contributed by atoms with Gasteiger partial charge < -0.3 is 0 Å². The highest BCUT2D eigenvalue weighted by Crippen LogP contribution is 2.24. The van der Waals surface area contributed by atoms with E-state index in [1.807, 2.05) is 0 Å². The zero-order chi connectivity index (χ0) is 11.4. The number of hydrogen-bond acceptors (Lipinski definition) is 2. The van der Waals surface area contributed by atoms with Crippen LogP contribution in [0.4, 0.5) is 0 Å². The first-order valence-electron chi connectivity index (χ1n) is 5.94. The third-order valence-corrected chi connectivity index (χ3v) is 3.63. The van der Waals surface area contributed by atoms with Crippen molar-refractivity contribution in [2.24, 2.45) is 0 Å². The lowest BCUT2D eigenvalue weighted by Crippen LogP contribution is -1.90. The van der Waals surface area contributed by atoms with Gasteiger partial charge in [-0.25, -0.2) is 0 Å². The Kier molecular flexibility index (Phi) is 12.7. The molecule has 0 aromatic rings. The average Bonchev–Trinajstić information content (AvgIpc) is 2.23. The SMILES string of the molecule is CCCCCCCC[P+](=O)OCCCCl. The van der Waals surface area contributed by atoms with E-state index in [-0.39, 0.29) is 0 Å². The molecule has 0 aliphatic rings. The molecule has 0 spiro atoms. The maximum atomic E-state index is 11.3. The molecule has 1 atom stereocenters. The van der Waals surface area contributed by atoms with Crippen molar-refractivity contribution in [3.05, 3.63) is 0 Å². The first-order valence-corrected chi connectivity index (χ1v) is 7.84. The fourth-order valence-electron chi connectivity index (χ4n) is 1.31. The molecule has 0 amide bonds. The van der Waals surface area contributed by atoms with E-state index in [0.717, 1.165) is 12.8 Å². The Labute approximate surface area is 99.6 Å². The van der Waals surface area contributed by atoms with Crippen LogP contribution in [0.3, 0.4) is 0 Å². The van der Waals surface area contributed by atoms with Crippen LogP contribution in [0, 0.1) is 0 Å². The van der Waals surface area contributed by atoms with Gasteiger partial charge in [-0.05, 0) is 23.8 Å². The maximum Gasteiger partial charge on any atom is 0.508 e. The Morgan fingerprint density at radius 1 is 1.07 bits per heavy atom. The molecule has 0 aliphatic carbocycles. The van der Waals surface area contributed by atoms with E-state index in [1.54, 1.807) is 0 Å². The fourth-order valence-corrected chi connectivity index (χ4v) is 2.36. The highest BCUT2D eigenvalue weighted by Gasteiger charge is 2.15. The van der Waals surface area contributed by atoms with E-state index in [9.17, 15) is 4.57 Å². The van der Waals surface area contributed by atoms with Crippen molar-refractivity contribution >= 4 is 19.6 Å². The molecule has 0 fully saturated rings. The lowest BCUT2D eigenvalue weighted by atomic mass is 10.1. The predicted octanol–water partition coefficient (Wildman–Crippen LogP) is 4.73. The van der Waals surface area contributed by atoms with Gasteiger partial charge in [-0.15, -0.1) is 16.1 Å². The monoisotopic (exact) mass is 253 g/mol. The second kappa shape index (κ2) is 12.4. The molecule has 0 aromatic heterocycles. The lowest BCUT2D eigenvalue weighted by Gasteiger charge is -1.95. The summed E-state index contributed by atoms with van der Waals surface area (Å²) in [6, 6.07) is 0. The Balaban J connectivity index is 3.10. The quantitative estimate of drug-likeness (QED) is 0.302. The molecule has 4 heteroatoms. The molecule has 0 aromatic carbocycles. The minimum atomic E-state index is -1.43. The van der Waals surface area contributed by atoms with Crippen LogP contribution >= 0.6 is 19.6 Å². The number of unbranched alkanes of at least 4 members (excludes halogenated alkanes) is 5. The summed E-state index contributed by atoms with van der Waals surface area (Å²) in [4.78, 5) is 0. The largest absolute Gasteiger partial charge is 0.508 e. The van der Waals surface area contributed by atoms with Crippen LogP contribution in [0.2, 0.25) is 0 Å². The van der Waals surface area contributed by atoms with Crippen molar-refractivity contribution in [3.63, 3.8) is 0 Å². The van der Waals surface area contributed by atoms with Crippen molar-refractivity contribution in [1.82, 2.24) is 0 Å². The summed E-state index contributed by atoms with van der Waals surface area (Å²) < 4.78 is 16.4. The van der Waals surface area contributed by atoms with Crippen molar-refractivity contribution in [1.29, 1.82) is 0 Å². The fraction of sp³-hybridized carbons (Fsp3) is 1.00. The molecule has 0 saturated carbocycles. The average molecular weight is 254 g/mol. The number of alkyl halides is 1. The van der Waals surface area contributed by atoms with Crippen molar-refractivity contribution in [2.75, 3.05) is 18.6 Å². The van der Waals surface area contributed by atoms with Gasteiger partial charge in [-0.2, -0.15) is 0 Å². The summed E-state index contributed by atoms with van der Waals surface area (Å²) in [5.41, 5.74) is 0. The van der Waals surface area contributed by atoms with Crippen LogP contribution in [-0.4, -0.2) is 18.6 Å². The van der Waals surface area contributed by atoms with E-state index in [1.165, 1.54) is 32.1 Å². The van der Waals surface area contributed by atoms with E-state index in [2.05, 4.69) is 6.92 Å². The minimum absolute atomic E-state index is 0.536. The van der Waals surface area contributed by atoms with Crippen LogP contribution in [0.25, 0.3) is 0 Å². The third kappa shape index (κ3) is 12.3. The lowest BCUT2D eigenvalue weighted by molar-refractivity contribution is 0.329. The molecular weight excluding hydrogens is 231 g/mol. The number of rotatable bonds is 11. The molecule has 0 rings (SSSR count). The Morgan fingerprint density at radius 2 is 1.73 bits per heavy atom. The zero-order valence-electron chi connectivity index (χ0n) is 9.71. The van der Waals surface area contributed by atoms with E-state index in [0.29, 0.717) is 18.6 Å². The second-order valence-corrected chi connectivity index (χ2v) is 5.45. The molecule has 90 valence electrons. The smallest absolute Gasteiger partial charge is 0.146 e. The normalized spacial score (nSPS) is 11.7. The Bertz CT molecular complexity index is 154. The molecule has 15 heavy (non-hydrogen) atoms. The standard InChI is InChI=1S/C11H23ClO2P/c1-2-3-4-5-6-7-11-15(13)14-10-8-9-12/h2-11H2,1H3/q+1. The van der Waals surface area contributed by atoms with Crippen LogP contribution in [0.15, 0.2) is 0 Å². The molecule has 1 unspecified atom stereocenters. The Hall–Kier alpha value is 0.350. The minimum Gasteiger partial charge on any atom is -0.146 e. The molecule has 2 nitrogen and oxygen atoms in total. The predicted molar refractivity (Wildman–Crippen MR) is 67.1 cm³/mol. The van der Waals surface area contributed by atoms with E-state index >= 15 is 0 Å². The molecule has 0 bridgehead atoms. The summed E-state index contributed by atoms with van der Waals surface area (Å²) in [5, 5.41) is 0. The van der Waals surface area contributed by atoms with Gasteiger partial charge in [0, 0.05) is 5.88 Å². The molecule has 0 saturated heterocycles. The van der Waals surface area contributed by atoms with Crippen LogP contribution in [0.5, 0.6) is 0 Å². The molecule has 0 aliphatic heterocycles. The molecule has 0 radical (unpaired) electrons. The third-order valence-electron chi connectivity index (χ3n) is 2.21. The summed E-state index contributed by atoms with van der Waals surface area (Å²) in [6.45, 7) is 2.75. The van der Waals surface area contributed by atoms with E-state index < -0.39 is 8.03 Å². The van der Waals surface area contributed by atoms with Crippen molar-refractivity contribution in [3.8, 4) is 0 Å². The molecular formula is C11H23ClO2P+. The molecule has 0 heterocycles. The van der Waals surface area contributed by atoms with Gasteiger partial charge in [-0.3, -0.25) is 0 Å². The van der Waals surface area contributed by atoms with Gasteiger partial charge in [0.05, 0.1) is 0 Å². The summed E-state index contributed by atoms with van der Waals surface area (Å²) >= 11 is 5.49. The summed E-state index contributed by atoms with van der Waals surface area (Å²) in [7, 11) is -1.43. The van der Waals surface area contributed by atoms with Crippen LogP contribution in [-0.2, 0) is 9.09 Å². The van der Waals surface area contributed by atoms with Gasteiger partial charge in [-0.1, -0.05) is 32.6 Å². The number of hydrogen-bond donors (Lipinski definition) is 0. The topological polar surface area (TPSA) is 26.3 Å². The summed E-state index contributed by atoms with van der Waals surface area (Å²) in [6.07, 6.45) is 8.87. The maximum absolute atomic E-state index is 11.3. The highest BCUT2D eigenvalue weighted by molar-refractivity contribution is 7.39. The van der Waals surface area contributed by atoms with Crippen molar-refractivity contribution < 1.29 is 9.09 Å². The number of halogens is 1. The first-order chi connectivity index (χ1) is 7.31. The van der Waals surface area contributed by atoms with E-state index in [4.69, 9.17) is 16.1 Å². The first kappa shape index (κ1) is 15.3. The van der Waals surface area contributed by atoms with Crippen molar-refractivity contribution in [2.45, 2.75) is 51.9 Å². The second-order valence-electron chi connectivity index (χ2n) is 3.70. The highest BCUT2D eigenvalue weighted by atomic mass is 35.5. The summed E-state index contributed by atoms with van der Waals surface area (Å²) in [5.74, 6) is 0.584. The van der Waals surface area contributed by atoms with Crippen LogP contribution < -0.4 is 0 Å². The van der Waals surface area contributed by atoms with Crippen LogP contribution in [0.1, 0.15) is 51.9 Å². The molecule has 0 N–H and O–H groups in total. The van der Waals surface area contributed by atoms with Gasteiger partial charge in [0.25, 0.3) is 0 Å². The van der Waals surface area contributed by atoms with Gasteiger partial charge in [0.1, 0.15) is 6.61 Å². The Morgan fingerprint density at radius 3 is 2.40 bits per heavy atom. The van der Waals surface area contributed by atoms with Gasteiger partial charge in [0.15, 0.2) is 6.16 Å². The van der Waals surface area contributed by atoms with Gasteiger partial charge >= 0.3 is 8.03 Å².